The molecule has 0 spiro atoms. The Morgan fingerprint density at radius 1 is 1.20 bits per heavy atom. The van der Waals surface area contributed by atoms with E-state index in [9.17, 15) is 8.78 Å². The maximum Gasteiger partial charge on any atom is 0.586 e. The number of hydrogen-bond acceptors (Lipinski definition) is 4. The van der Waals surface area contributed by atoms with Crippen molar-refractivity contribution in [1.29, 1.82) is 0 Å². The molecule has 0 amide bonds. The third-order valence-corrected chi connectivity index (χ3v) is 3.97. The SMILES string of the molecule is NCC1CCCCC1Nc1ccc2c(c1)OC(F)(F)O2. The van der Waals surface area contributed by atoms with Crippen molar-refractivity contribution in [2.24, 2.45) is 11.7 Å². The number of fused-ring (bicyclic) bond motifs is 1. The molecule has 2 unspecified atom stereocenters. The van der Waals surface area contributed by atoms with Gasteiger partial charge in [-0.05, 0) is 37.4 Å². The summed E-state index contributed by atoms with van der Waals surface area (Å²) in [6.45, 7) is 0.639. The molecule has 1 heterocycles. The highest BCUT2D eigenvalue weighted by molar-refractivity contribution is 5.56. The van der Waals surface area contributed by atoms with E-state index < -0.39 is 6.29 Å². The molecule has 1 fully saturated rings. The standard InChI is InChI=1S/C14H18F2N2O2/c15-14(16)19-12-6-5-10(7-13(12)20-14)18-11-4-2-1-3-9(11)8-17/h5-7,9,11,18H,1-4,8,17H2. The highest BCUT2D eigenvalue weighted by Gasteiger charge is 2.43. The molecule has 1 aromatic rings. The van der Waals surface area contributed by atoms with Crippen molar-refractivity contribution in [3.63, 3.8) is 0 Å². The van der Waals surface area contributed by atoms with Crippen LogP contribution in [0.1, 0.15) is 25.7 Å². The van der Waals surface area contributed by atoms with Crippen LogP contribution in [0.15, 0.2) is 18.2 Å². The fourth-order valence-electron chi connectivity index (χ4n) is 2.93. The zero-order chi connectivity index (χ0) is 14.2. The highest BCUT2D eigenvalue weighted by atomic mass is 19.3. The second kappa shape index (κ2) is 5.09. The van der Waals surface area contributed by atoms with Crippen molar-refractivity contribution in [3.05, 3.63) is 18.2 Å². The summed E-state index contributed by atoms with van der Waals surface area (Å²) in [5.41, 5.74) is 6.55. The Hall–Kier alpha value is -1.56. The third kappa shape index (κ3) is 2.65. The zero-order valence-corrected chi connectivity index (χ0v) is 11.1. The number of ether oxygens (including phenoxy) is 2. The van der Waals surface area contributed by atoms with E-state index in [1.807, 2.05) is 0 Å². The van der Waals surface area contributed by atoms with Crippen molar-refractivity contribution >= 4 is 5.69 Å². The Labute approximate surface area is 116 Å². The average molecular weight is 284 g/mol. The van der Waals surface area contributed by atoms with Crippen LogP contribution in [0.5, 0.6) is 11.5 Å². The van der Waals surface area contributed by atoms with Gasteiger partial charge in [0, 0.05) is 17.8 Å². The van der Waals surface area contributed by atoms with E-state index in [4.69, 9.17) is 5.73 Å². The van der Waals surface area contributed by atoms with Gasteiger partial charge in [-0.25, -0.2) is 0 Å². The zero-order valence-electron chi connectivity index (χ0n) is 11.1. The molecule has 1 saturated carbocycles. The van der Waals surface area contributed by atoms with Crippen LogP contribution in [0, 0.1) is 5.92 Å². The van der Waals surface area contributed by atoms with Gasteiger partial charge in [0.05, 0.1) is 0 Å². The van der Waals surface area contributed by atoms with Crippen LogP contribution >= 0.6 is 0 Å². The summed E-state index contributed by atoms with van der Waals surface area (Å²) in [7, 11) is 0. The lowest BCUT2D eigenvalue weighted by molar-refractivity contribution is -0.286. The Bertz CT molecular complexity index is 496. The number of hydrogen-bond donors (Lipinski definition) is 2. The molecule has 1 aromatic carbocycles. The molecule has 0 saturated heterocycles. The van der Waals surface area contributed by atoms with Gasteiger partial charge in [-0.1, -0.05) is 12.8 Å². The van der Waals surface area contributed by atoms with E-state index in [1.54, 1.807) is 12.1 Å². The fraction of sp³-hybridized carbons (Fsp3) is 0.571. The number of halogens is 2. The number of rotatable bonds is 3. The molecule has 3 N–H and O–H groups in total. The number of nitrogens with two attached hydrogens (primary N) is 1. The maximum absolute atomic E-state index is 13.0. The van der Waals surface area contributed by atoms with Gasteiger partial charge >= 0.3 is 6.29 Å². The van der Waals surface area contributed by atoms with Crippen molar-refractivity contribution in [3.8, 4) is 11.5 Å². The molecule has 2 aliphatic rings. The predicted octanol–water partition coefficient (Wildman–Crippen LogP) is 2.94. The second-order valence-corrected chi connectivity index (χ2v) is 5.36. The molecule has 1 aliphatic heterocycles. The van der Waals surface area contributed by atoms with Crippen molar-refractivity contribution in [1.82, 2.24) is 0 Å². The van der Waals surface area contributed by atoms with Gasteiger partial charge in [0.25, 0.3) is 0 Å². The lowest BCUT2D eigenvalue weighted by Crippen LogP contribution is -2.36. The summed E-state index contributed by atoms with van der Waals surface area (Å²) in [4.78, 5) is 0. The van der Waals surface area contributed by atoms with E-state index >= 15 is 0 Å². The maximum atomic E-state index is 13.0. The molecule has 3 rings (SSSR count). The smallest absolute Gasteiger partial charge is 0.395 e. The van der Waals surface area contributed by atoms with E-state index in [0.717, 1.165) is 24.9 Å². The summed E-state index contributed by atoms with van der Waals surface area (Å²) >= 11 is 0. The number of alkyl halides is 2. The normalized spacial score (nSPS) is 27.4. The summed E-state index contributed by atoms with van der Waals surface area (Å²) < 4.78 is 34.8. The predicted molar refractivity (Wildman–Crippen MR) is 71.1 cm³/mol. The monoisotopic (exact) mass is 284 g/mol. The molecule has 0 aromatic heterocycles. The van der Waals surface area contributed by atoms with Crippen LogP contribution in [-0.2, 0) is 0 Å². The van der Waals surface area contributed by atoms with Gasteiger partial charge in [0.2, 0.25) is 0 Å². The minimum absolute atomic E-state index is 0.0690. The van der Waals surface area contributed by atoms with Crippen molar-refractivity contribution in [2.75, 3.05) is 11.9 Å². The molecule has 0 radical (unpaired) electrons. The molecule has 0 bridgehead atoms. The minimum atomic E-state index is -3.56. The van der Waals surface area contributed by atoms with Crippen LogP contribution < -0.4 is 20.5 Å². The highest BCUT2D eigenvalue weighted by Crippen LogP contribution is 2.42. The molecular weight excluding hydrogens is 266 g/mol. The van der Waals surface area contributed by atoms with Gasteiger partial charge in [0.15, 0.2) is 11.5 Å². The summed E-state index contributed by atoms with van der Waals surface area (Å²) in [6.07, 6.45) is 0.957. The molecule has 1 aliphatic carbocycles. The van der Waals surface area contributed by atoms with E-state index in [-0.39, 0.29) is 17.5 Å². The van der Waals surface area contributed by atoms with Crippen LogP contribution in [0.3, 0.4) is 0 Å². The van der Waals surface area contributed by atoms with Crippen molar-refractivity contribution < 1.29 is 18.3 Å². The second-order valence-electron chi connectivity index (χ2n) is 5.36. The molecule has 110 valence electrons. The van der Waals surface area contributed by atoms with E-state index in [1.165, 1.54) is 12.5 Å². The summed E-state index contributed by atoms with van der Waals surface area (Å²) in [5.74, 6) is 0.565. The Morgan fingerprint density at radius 3 is 2.75 bits per heavy atom. The Balaban J connectivity index is 1.73. The quantitative estimate of drug-likeness (QED) is 0.896. The van der Waals surface area contributed by atoms with Gasteiger partial charge in [-0.15, -0.1) is 8.78 Å². The molecule has 2 atom stereocenters. The van der Waals surface area contributed by atoms with Crippen LogP contribution in [0.4, 0.5) is 14.5 Å². The molecule has 20 heavy (non-hydrogen) atoms. The third-order valence-electron chi connectivity index (χ3n) is 3.97. The number of nitrogens with one attached hydrogen (secondary N) is 1. The first kappa shape index (κ1) is 13.4. The van der Waals surface area contributed by atoms with Crippen LogP contribution in [-0.4, -0.2) is 18.9 Å². The minimum Gasteiger partial charge on any atom is -0.395 e. The first-order valence-corrected chi connectivity index (χ1v) is 6.94. The first-order chi connectivity index (χ1) is 9.57. The first-order valence-electron chi connectivity index (χ1n) is 6.94. The van der Waals surface area contributed by atoms with Gasteiger partial charge in [-0.3, -0.25) is 0 Å². The average Bonchev–Trinajstić information content (AvgIpc) is 2.72. The molecular formula is C14H18F2N2O2. The fourth-order valence-corrected chi connectivity index (χ4v) is 2.93. The topological polar surface area (TPSA) is 56.5 Å². The van der Waals surface area contributed by atoms with E-state index in [2.05, 4.69) is 14.8 Å². The van der Waals surface area contributed by atoms with Crippen LogP contribution in [0.2, 0.25) is 0 Å². The Morgan fingerprint density at radius 2 is 1.95 bits per heavy atom. The Kier molecular flexibility index (Phi) is 3.41. The van der Waals surface area contributed by atoms with Gasteiger partial charge in [0.1, 0.15) is 0 Å². The van der Waals surface area contributed by atoms with Gasteiger partial charge < -0.3 is 20.5 Å². The number of benzene rings is 1. The largest absolute Gasteiger partial charge is 0.586 e. The summed E-state index contributed by atoms with van der Waals surface area (Å²) in [6, 6.07) is 5.07. The molecule has 6 heteroatoms. The molecule has 4 nitrogen and oxygen atoms in total. The summed E-state index contributed by atoms with van der Waals surface area (Å²) in [5, 5.41) is 3.38. The lowest BCUT2D eigenvalue weighted by Gasteiger charge is -2.32. The van der Waals surface area contributed by atoms with Gasteiger partial charge in [-0.2, -0.15) is 0 Å². The number of anilines is 1. The van der Waals surface area contributed by atoms with Crippen molar-refractivity contribution in [2.45, 2.75) is 38.0 Å². The van der Waals surface area contributed by atoms with Crippen LogP contribution in [0.25, 0.3) is 0 Å². The van der Waals surface area contributed by atoms with E-state index in [0.29, 0.717) is 12.5 Å². The lowest BCUT2D eigenvalue weighted by atomic mass is 9.84.